The zero-order valence-corrected chi connectivity index (χ0v) is 14.4. The van der Waals surface area contributed by atoms with Crippen LogP contribution in [0.4, 0.5) is 0 Å². The smallest absolute Gasteiger partial charge is 0.202 e. The monoisotopic (exact) mass is 364 g/mol. The second-order valence-electron chi connectivity index (χ2n) is 5.44. The molecule has 0 aromatic rings. The fraction of sp³-hybridized carbons (Fsp3) is 0.643. The summed E-state index contributed by atoms with van der Waals surface area (Å²) in [6, 6.07) is 0. The fourth-order valence-electron chi connectivity index (χ4n) is 2.50. The Morgan fingerprint density at radius 1 is 0.917 bits per heavy atom. The summed E-state index contributed by atoms with van der Waals surface area (Å²) < 4.78 is 0. The normalized spacial score (nSPS) is 20.0. The Morgan fingerprint density at radius 2 is 1.33 bits per heavy atom. The Labute approximate surface area is 142 Å². The number of carbonyl (C=O) groups is 4. The molecule has 0 aliphatic rings. The van der Waals surface area contributed by atoms with Gasteiger partial charge in [-0.2, -0.15) is 0 Å². The van der Waals surface area contributed by atoms with Crippen molar-refractivity contribution in [1.29, 1.82) is 0 Å². The predicted molar refractivity (Wildman–Crippen MR) is 83.3 cm³/mol. The van der Waals surface area contributed by atoms with Gasteiger partial charge in [0.1, 0.15) is 11.0 Å². The summed E-state index contributed by atoms with van der Waals surface area (Å²) in [4.78, 5) is 46.4. The molecule has 0 saturated heterocycles. The van der Waals surface area contributed by atoms with Gasteiger partial charge < -0.3 is 25.5 Å². The van der Waals surface area contributed by atoms with Gasteiger partial charge in [-0.15, -0.1) is 0 Å². The van der Waals surface area contributed by atoms with Crippen LogP contribution in [-0.2, 0) is 19.2 Å². The lowest BCUT2D eigenvalue weighted by molar-refractivity contribution is -0.237. The lowest BCUT2D eigenvalue weighted by atomic mass is 9.62. The van der Waals surface area contributed by atoms with E-state index in [4.69, 9.17) is 5.11 Å². The zero-order chi connectivity index (χ0) is 19.7. The minimum atomic E-state index is -3.72. The van der Waals surface area contributed by atoms with Gasteiger partial charge in [0.05, 0.1) is 6.61 Å². The van der Waals surface area contributed by atoms with Crippen LogP contribution in [0.25, 0.3) is 0 Å². The Kier molecular flexibility index (Phi) is 6.78. The van der Waals surface area contributed by atoms with Gasteiger partial charge in [0.2, 0.25) is 11.2 Å². The SMILES string of the molecule is CC(=O)C(=S)[C@@](O)(C(C)=O)[C@](O)(C(C)=O)[C@@](O)(C(C)=O)[C@H](O)CO. The average molecular weight is 364 g/mol. The van der Waals surface area contributed by atoms with E-state index >= 15 is 0 Å². The van der Waals surface area contributed by atoms with Crippen LogP contribution < -0.4 is 0 Å². The first-order valence-corrected chi connectivity index (χ1v) is 7.12. The van der Waals surface area contributed by atoms with Gasteiger partial charge in [-0.3, -0.25) is 19.2 Å². The van der Waals surface area contributed by atoms with E-state index in [0.717, 1.165) is 6.92 Å². The highest BCUT2D eigenvalue weighted by molar-refractivity contribution is 7.82. The molecule has 0 fully saturated rings. The molecule has 5 N–H and O–H groups in total. The molecular weight excluding hydrogens is 344 g/mol. The maximum atomic E-state index is 12.1. The van der Waals surface area contributed by atoms with E-state index in [1.165, 1.54) is 0 Å². The van der Waals surface area contributed by atoms with E-state index in [2.05, 4.69) is 12.2 Å². The number of Topliss-reactive ketones (excluding diaryl/α,β-unsaturated/α-hetero) is 4. The fourth-order valence-corrected chi connectivity index (χ4v) is 2.79. The first kappa shape index (κ1) is 22.6. The van der Waals surface area contributed by atoms with Crippen molar-refractivity contribution in [3.05, 3.63) is 0 Å². The van der Waals surface area contributed by atoms with Gasteiger partial charge in [0.15, 0.2) is 28.7 Å². The van der Waals surface area contributed by atoms with Crippen molar-refractivity contribution in [2.45, 2.75) is 50.6 Å². The summed E-state index contributed by atoms with van der Waals surface area (Å²) in [7, 11) is 0. The van der Waals surface area contributed by atoms with E-state index in [9.17, 15) is 39.6 Å². The minimum Gasteiger partial charge on any atom is -0.394 e. The van der Waals surface area contributed by atoms with Gasteiger partial charge in [-0.1, -0.05) is 12.2 Å². The first-order valence-electron chi connectivity index (χ1n) is 6.71. The molecule has 9 nitrogen and oxygen atoms in total. The van der Waals surface area contributed by atoms with Gasteiger partial charge in [0, 0.05) is 0 Å². The molecule has 0 saturated carbocycles. The maximum Gasteiger partial charge on any atom is 0.202 e. The first-order chi connectivity index (χ1) is 10.7. The molecule has 4 atom stereocenters. The molecule has 0 aliphatic heterocycles. The molecular formula is C14H20O9S. The Morgan fingerprint density at radius 3 is 1.54 bits per heavy atom. The second-order valence-corrected chi connectivity index (χ2v) is 5.85. The van der Waals surface area contributed by atoms with E-state index in [1.807, 2.05) is 0 Å². The number of carbonyl (C=O) groups excluding carboxylic acids is 4. The van der Waals surface area contributed by atoms with Crippen LogP contribution in [0.3, 0.4) is 0 Å². The van der Waals surface area contributed by atoms with Crippen molar-refractivity contribution >= 4 is 40.2 Å². The summed E-state index contributed by atoms with van der Waals surface area (Å²) in [5, 5.41) is 50.9. The summed E-state index contributed by atoms with van der Waals surface area (Å²) in [6.07, 6.45) is -2.47. The largest absolute Gasteiger partial charge is 0.394 e. The Bertz CT molecular complexity index is 601. The van der Waals surface area contributed by atoms with Gasteiger partial charge in [-0.05, 0) is 27.7 Å². The van der Waals surface area contributed by atoms with E-state index in [-0.39, 0.29) is 0 Å². The molecule has 0 amide bonds. The predicted octanol–water partition coefficient (Wildman–Crippen LogP) is -2.74. The van der Waals surface area contributed by atoms with Gasteiger partial charge in [0.25, 0.3) is 0 Å². The van der Waals surface area contributed by atoms with Crippen LogP contribution in [0.15, 0.2) is 0 Å². The standard InChI is InChI=1S/C14H20O9S/c1-6(16)11(24)13(22,8(3)18)14(23,9(4)19)12(21,7(2)17)10(20)5-15/h10,15,20-23H,5H2,1-4H3/t10-,12-,13+,14+/m1/s1. The van der Waals surface area contributed by atoms with Crippen LogP contribution in [0.2, 0.25) is 0 Å². The van der Waals surface area contributed by atoms with Gasteiger partial charge >= 0.3 is 0 Å². The topological polar surface area (TPSA) is 169 Å². The summed E-state index contributed by atoms with van der Waals surface area (Å²) >= 11 is 4.64. The molecule has 0 aliphatic carbocycles. The summed E-state index contributed by atoms with van der Waals surface area (Å²) in [5.41, 5.74) is -10.7. The van der Waals surface area contributed by atoms with Crippen LogP contribution >= 0.6 is 12.2 Å². The Balaban J connectivity index is 7.11. The van der Waals surface area contributed by atoms with Crippen LogP contribution in [0.5, 0.6) is 0 Å². The van der Waals surface area contributed by atoms with Crippen molar-refractivity contribution < 1.29 is 44.7 Å². The molecule has 0 radical (unpaired) electrons. The Hall–Kier alpha value is -1.43. The van der Waals surface area contributed by atoms with Crippen LogP contribution in [-0.4, -0.2) is 83.0 Å². The summed E-state index contributed by atoms with van der Waals surface area (Å²) in [5.74, 6) is -5.50. The number of ketones is 4. The van der Waals surface area contributed by atoms with Gasteiger partial charge in [-0.25, -0.2) is 0 Å². The molecule has 0 aromatic carbocycles. The summed E-state index contributed by atoms with van der Waals surface area (Å²) in [6.45, 7) is 1.42. The molecule has 24 heavy (non-hydrogen) atoms. The number of hydrogen-bond acceptors (Lipinski definition) is 10. The van der Waals surface area contributed by atoms with Crippen molar-refractivity contribution in [3.63, 3.8) is 0 Å². The number of aliphatic hydroxyl groups excluding tert-OH is 2. The highest BCUT2D eigenvalue weighted by Crippen LogP contribution is 2.39. The van der Waals surface area contributed by atoms with Crippen molar-refractivity contribution in [3.8, 4) is 0 Å². The third kappa shape index (κ3) is 2.85. The highest BCUT2D eigenvalue weighted by atomic mass is 32.1. The number of thiocarbonyl (C=S) groups is 1. The van der Waals surface area contributed by atoms with Crippen LogP contribution in [0.1, 0.15) is 27.7 Å². The third-order valence-electron chi connectivity index (χ3n) is 3.93. The molecule has 0 spiro atoms. The van der Waals surface area contributed by atoms with E-state index in [1.54, 1.807) is 0 Å². The highest BCUT2D eigenvalue weighted by Gasteiger charge is 2.73. The lowest BCUT2D eigenvalue weighted by Crippen LogP contribution is -2.81. The zero-order valence-electron chi connectivity index (χ0n) is 13.6. The minimum absolute atomic E-state index is 0.606. The van der Waals surface area contributed by atoms with Crippen molar-refractivity contribution in [2.75, 3.05) is 6.61 Å². The lowest BCUT2D eigenvalue weighted by Gasteiger charge is -2.49. The number of hydrogen-bond donors (Lipinski definition) is 5. The molecule has 0 unspecified atom stereocenters. The van der Waals surface area contributed by atoms with E-state index in [0.29, 0.717) is 20.8 Å². The average Bonchev–Trinajstić information content (AvgIpc) is 2.49. The van der Waals surface area contributed by atoms with E-state index < -0.39 is 57.5 Å². The maximum absolute atomic E-state index is 12.1. The molecule has 0 rings (SSSR count). The quantitative estimate of drug-likeness (QED) is 0.270. The molecule has 10 heteroatoms. The second kappa shape index (κ2) is 7.21. The number of rotatable bonds is 9. The number of aliphatic hydroxyl groups is 5. The molecule has 0 heterocycles. The van der Waals surface area contributed by atoms with Crippen LogP contribution in [0, 0.1) is 0 Å². The molecule has 0 bridgehead atoms. The van der Waals surface area contributed by atoms with Crippen molar-refractivity contribution in [2.24, 2.45) is 0 Å². The molecule has 136 valence electrons. The third-order valence-corrected chi connectivity index (χ3v) is 4.52. The molecule has 0 aromatic heterocycles. The van der Waals surface area contributed by atoms with Crippen molar-refractivity contribution in [1.82, 2.24) is 0 Å².